The first-order valence-electron chi connectivity index (χ1n) is 7.37. The fourth-order valence-electron chi connectivity index (χ4n) is 2.09. The molecular formula is C17H23N3O2. The van der Waals surface area contributed by atoms with Gasteiger partial charge in [-0.3, -0.25) is 9.48 Å². The molecule has 1 aromatic heterocycles. The minimum atomic E-state index is -0.630. The topological polar surface area (TPSA) is 67.2 Å². The van der Waals surface area contributed by atoms with Gasteiger partial charge in [-0.05, 0) is 36.1 Å². The third-order valence-corrected chi connectivity index (χ3v) is 3.43. The fraction of sp³-hybridized carbons (Fsp3) is 0.412. The average Bonchev–Trinajstić information content (AvgIpc) is 2.86. The highest BCUT2D eigenvalue weighted by Gasteiger charge is 2.13. The van der Waals surface area contributed by atoms with Crippen molar-refractivity contribution in [2.75, 3.05) is 5.32 Å². The van der Waals surface area contributed by atoms with E-state index >= 15 is 0 Å². The largest absolute Gasteiger partial charge is 0.387 e. The first-order chi connectivity index (χ1) is 10.3. The predicted molar refractivity (Wildman–Crippen MR) is 86.6 cm³/mol. The Morgan fingerprint density at radius 1 is 1.27 bits per heavy atom. The zero-order valence-electron chi connectivity index (χ0n) is 13.5. The van der Waals surface area contributed by atoms with Gasteiger partial charge in [0.25, 0.3) is 0 Å². The van der Waals surface area contributed by atoms with E-state index in [4.69, 9.17) is 0 Å². The summed E-state index contributed by atoms with van der Waals surface area (Å²) in [6.07, 6.45) is 1.05. The van der Waals surface area contributed by atoms with Crippen LogP contribution in [-0.2, 0) is 16.8 Å². The molecule has 1 amide bonds. The first-order valence-corrected chi connectivity index (χ1v) is 7.37. The Balaban J connectivity index is 1.96. The Morgan fingerprint density at radius 2 is 1.91 bits per heavy atom. The van der Waals surface area contributed by atoms with Crippen molar-refractivity contribution in [2.24, 2.45) is 0 Å². The van der Waals surface area contributed by atoms with E-state index in [0.29, 0.717) is 5.69 Å². The molecule has 1 aromatic carbocycles. The molecule has 0 aliphatic heterocycles. The lowest BCUT2D eigenvalue weighted by Crippen LogP contribution is -2.19. The highest BCUT2D eigenvalue weighted by atomic mass is 16.3. The lowest BCUT2D eigenvalue weighted by Gasteiger charge is -2.19. The summed E-state index contributed by atoms with van der Waals surface area (Å²) in [5.41, 5.74) is 2.64. The monoisotopic (exact) mass is 301 g/mol. The van der Waals surface area contributed by atoms with Crippen LogP contribution in [0.2, 0.25) is 0 Å². The van der Waals surface area contributed by atoms with Crippen molar-refractivity contribution in [1.29, 1.82) is 0 Å². The van der Waals surface area contributed by atoms with Crippen LogP contribution in [0.25, 0.3) is 0 Å². The Labute approximate surface area is 131 Å². The molecule has 0 aliphatic rings. The van der Waals surface area contributed by atoms with E-state index in [0.717, 1.165) is 5.69 Å². The number of hydrogen-bond acceptors (Lipinski definition) is 3. The van der Waals surface area contributed by atoms with Crippen molar-refractivity contribution in [3.05, 3.63) is 47.8 Å². The Morgan fingerprint density at radius 3 is 2.41 bits per heavy atom. The van der Waals surface area contributed by atoms with Crippen LogP contribution >= 0.6 is 0 Å². The van der Waals surface area contributed by atoms with Gasteiger partial charge in [0.05, 0.1) is 11.8 Å². The molecule has 0 saturated heterocycles. The van der Waals surface area contributed by atoms with Gasteiger partial charge in [-0.2, -0.15) is 5.10 Å². The quantitative estimate of drug-likeness (QED) is 0.912. The average molecular weight is 301 g/mol. The second-order valence-electron chi connectivity index (χ2n) is 6.49. The molecule has 5 heteroatoms. The molecule has 1 unspecified atom stereocenters. The zero-order chi connectivity index (χ0) is 16.3. The first kappa shape index (κ1) is 16.2. The molecule has 1 heterocycles. The van der Waals surface area contributed by atoms with E-state index in [1.807, 2.05) is 24.3 Å². The van der Waals surface area contributed by atoms with E-state index in [1.165, 1.54) is 10.2 Å². The zero-order valence-corrected chi connectivity index (χ0v) is 13.5. The number of carbonyl (C=O) groups is 1. The van der Waals surface area contributed by atoms with Crippen molar-refractivity contribution in [2.45, 2.75) is 45.8 Å². The fourth-order valence-corrected chi connectivity index (χ4v) is 2.09. The van der Waals surface area contributed by atoms with Gasteiger partial charge in [-0.25, -0.2) is 0 Å². The van der Waals surface area contributed by atoms with Crippen molar-refractivity contribution in [1.82, 2.24) is 9.78 Å². The van der Waals surface area contributed by atoms with Gasteiger partial charge in [0, 0.05) is 11.9 Å². The molecule has 2 N–H and O–H groups in total. The molecule has 2 rings (SSSR count). The summed E-state index contributed by atoms with van der Waals surface area (Å²) in [4.78, 5) is 12.0. The summed E-state index contributed by atoms with van der Waals surface area (Å²) in [6.45, 7) is 8.21. The number of nitrogens with zero attached hydrogens (tertiary/aromatic N) is 2. The molecule has 22 heavy (non-hydrogen) atoms. The van der Waals surface area contributed by atoms with E-state index in [9.17, 15) is 9.90 Å². The second-order valence-corrected chi connectivity index (χ2v) is 6.49. The van der Waals surface area contributed by atoms with Crippen LogP contribution in [-0.4, -0.2) is 20.8 Å². The van der Waals surface area contributed by atoms with Crippen LogP contribution < -0.4 is 5.32 Å². The predicted octanol–water partition coefficient (Wildman–Crippen LogP) is 2.87. The lowest BCUT2D eigenvalue weighted by molar-refractivity contribution is -0.116. The Bertz CT molecular complexity index is 637. The Kier molecular flexibility index (Phi) is 4.66. The summed E-state index contributed by atoms with van der Waals surface area (Å²) < 4.78 is 1.51. The van der Waals surface area contributed by atoms with Gasteiger partial charge in [0.15, 0.2) is 0 Å². The van der Waals surface area contributed by atoms with E-state index in [1.54, 1.807) is 19.2 Å². The standard InChI is InChI=1S/C17H23N3O2/c1-12(21)15-9-10-20(19-15)11-16(22)18-14-7-5-13(6-8-14)17(2,3)4/h5-10,12,21H,11H2,1-4H3,(H,18,22). The lowest BCUT2D eigenvalue weighted by atomic mass is 9.87. The number of aliphatic hydroxyl groups is 1. The maximum absolute atomic E-state index is 12.0. The molecule has 0 spiro atoms. The van der Waals surface area contributed by atoms with Crippen molar-refractivity contribution >= 4 is 11.6 Å². The number of anilines is 1. The minimum Gasteiger partial charge on any atom is -0.387 e. The summed E-state index contributed by atoms with van der Waals surface area (Å²) in [6, 6.07) is 9.56. The highest BCUT2D eigenvalue weighted by molar-refractivity contribution is 5.90. The smallest absolute Gasteiger partial charge is 0.246 e. The van der Waals surface area contributed by atoms with Gasteiger partial charge in [-0.1, -0.05) is 32.9 Å². The van der Waals surface area contributed by atoms with Crippen molar-refractivity contribution in [3.8, 4) is 0 Å². The molecule has 0 fully saturated rings. The highest BCUT2D eigenvalue weighted by Crippen LogP contribution is 2.23. The van der Waals surface area contributed by atoms with E-state index < -0.39 is 6.10 Å². The van der Waals surface area contributed by atoms with Crippen LogP contribution in [0.5, 0.6) is 0 Å². The molecule has 2 aromatic rings. The molecule has 0 aliphatic carbocycles. The number of hydrogen-bond donors (Lipinski definition) is 2. The van der Waals surface area contributed by atoms with Crippen LogP contribution in [0.4, 0.5) is 5.69 Å². The number of rotatable bonds is 4. The number of carbonyl (C=O) groups excluding carboxylic acids is 1. The maximum Gasteiger partial charge on any atom is 0.246 e. The van der Waals surface area contributed by atoms with Crippen molar-refractivity contribution < 1.29 is 9.90 Å². The maximum atomic E-state index is 12.0. The number of aromatic nitrogens is 2. The molecule has 118 valence electrons. The summed E-state index contributed by atoms with van der Waals surface area (Å²) in [5, 5.41) is 16.4. The Hall–Kier alpha value is -2.14. The third kappa shape index (κ3) is 4.18. The molecule has 0 radical (unpaired) electrons. The van der Waals surface area contributed by atoms with Crippen molar-refractivity contribution in [3.63, 3.8) is 0 Å². The minimum absolute atomic E-state index is 0.0923. The molecule has 0 saturated carbocycles. The number of nitrogens with one attached hydrogen (secondary N) is 1. The molecule has 1 atom stereocenters. The van der Waals surface area contributed by atoms with Gasteiger partial charge in [0.2, 0.25) is 5.91 Å². The van der Waals surface area contributed by atoms with E-state index in [-0.39, 0.29) is 17.9 Å². The second kappa shape index (κ2) is 6.32. The summed E-state index contributed by atoms with van der Waals surface area (Å²) in [7, 11) is 0. The number of benzene rings is 1. The molecular weight excluding hydrogens is 278 g/mol. The van der Waals surface area contributed by atoms with Crippen LogP contribution in [0.15, 0.2) is 36.5 Å². The normalized spacial score (nSPS) is 13.0. The van der Waals surface area contributed by atoms with Crippen LogP contribution in [0, 0.1) is 0 Å². The van der Waals surface area contributed by atoms with E-state index in [2.05, 4.69) is 31.2 Å². The third-order valence-electron chi connectivity index (χ3n) is 3.43. The van der Waals surface area contributed by atoms with Gasteiger partial charge < -0.3 is 10.4 Å². The molecule has 0 bridgehead atoms. The van der Waals surface area contributed by atoms with Crippen LogP contribution in [0.3, 0.4) is 0 Å². The van der Waals surface area contributed by atoms with Gasteiger partial charge in [-0.15, -0.1) is 0 Å². The van der Waals surface area contributed by atoms with Gasteiger partial charge >= 0.3 is 0 Å². The van der Waals surface area contributed by atoms with Crippen LogP contribution in [0.1, 0.15) is 45.1 Å². The summed E-state index contributed by atoms with van der Waals surface area (Å²) in [5.74, 6) is -0.149. The number of amides is 1. The summed E-state index contributed by atoms with van der Waals surface area (Å²) >= 11 is 0. The number of aliphatic hydroxyl groups excluding tert-OH is 1. The van der Waals surface area contributed by atoms with Gasteiger partial charge in [0.1, 0.15) is 6.54 Å². The molecule has 5 nitrogen and oxygen atoms in total. The SMILES string of the molecule is CC(O)c1ccn(CC(=O)Nc2ccc(C(C)(C)C)cc2)n1.